The number of aliphatic carboxylic acids is 2. The molecule has 1 aliphatic heterocycles. The molecule has 0 radical (unpaired) electrons. The summed E-state index contributed by atoms with van der Waals surface area (Å²) in [5, 5.41) is 23.1. The Bertz CT molecular complexity index is 577. The summed E-state index contributed by atoms with van der Waals surface area (Å²) in [6.07, 6.45) is 3.42. The first-order chi connectivity index (χ1) is 12.2. The van der Waals surface area contributed by atoms with Crippen molar-refractivity contribution in [3.63, 3.8) is 0 Å². The van der Waals surface area contributed by atoms with Gasteiger partial charge in [0.15, 0.2) is 0 Å². The van der Waals surface area contributed by atoms with Gasteiger partial charge in [-0.3, -0.25) is 20.2 Å². The maximum Gasteiger partial charge on any atom is 0.320 e. The number of nitrogen functional groups attached to an aromatic ring is 1. The molecule has 2 atom stereocenters. The highest BCUT2D eigenvalue weighted by atomic mass is 16.4. The third-order valence-corrected chi connectivity index (χ3v) is 3.66. The second kappa shape index (κ2) is 10.6. The van der Waals surface area contributed by atoms with E-state index in [0.29, 0.717) is 12.0 Å². The normalized spacial score (nSPS) is 21.8. The highest BCUT2D eigenvalue weighted by Gasteiger charge is 2.22. The van der Waals surface area contributed by atoms with E-state index in [1.807, 2.05) is 0 Å². The average molecular weight is 370 g/mol. The van der Waals surface area contributed by atoms with Crippen molar-refractivity contribution in [2.45, 2.75) is 31.2 Å². The number of nitrogens with two attached hydrogens (primary N) is 4. The third-order valence-electron chi connectivity index (χ3n) is 3.66. The van der Waals surface area contributed by atoms with Crippen molar-refractivity contribution in [3.8, 4) is 0 Å². The summed E-state index contributed by atoms with van der Waals surface area (Å²) >= 11 is 0. The minimum absolute atomic E-state index is 0.160. The smallest absolute Gasteiger partial charge is 0.320 e. The van der Waals surface area contributed by atoms with Gasteiger partial charge in [-0.15, -0.1) is 0 Å². The van der Waals surface area contributed by atoms with E-state index in [9.17, 15) is 9.59 Å². The Morgan fingerprint density at radius 3 is 2.08 bits per heavy atom. The van der Waals surface area contributed by atoms with Crippen molar-refractivity contribution in [2.75, 3.05) is 18.8 Å². The number of carbonyl (C=O) groups is 2. The number of hydrogen-bond acceptors (Lipinski definition) is 10. The van der Waals surface area contributed by atoms with Crippen LogP contribution >= 0.6 is 0 Å². The summed E-state index contributed by atoms with van der Waals surface area (Å²) in [6, 6.07) is -1.70. The Hall–Kier alpha value is -2.38. The molecule has 2 rings (SSSR count). The Morgan fingerprint density at radius 2 is 1.62 bits per heavy atom. The van der Waals surface area contributed by atoms with Crippen LogP contribution in [-0.2, 0) is 16.0 Å². The predicted octanol–water partition coefficient (Wildman–Crippen LogP) is -3.15. The van der Waals surface area contributed by atoms with Gasteiger partial charge in [-0.05, 0) is 17.9 Å². The molecule has 1 aliphatic rings. The quantitative estimate of drug-likeness (QED) is 0.248. The van der Waals surface area contributed by atoms with E-state index in [0.717, 1.165) is 13.1 Å². The summed E-state index contributed by atoms with van der Waals surface area (Å²) in [5.41, 5.74) is 22.1. The lowest BCUT2D eigenvalue weighted by atomic mass is 9.99. The monoisotopic (exact) mass is 370 g/mol. The first-order valence-corrected chi connectivity index (χ1v) is 7.94. The molecule has 12 heteroatoms. The highest BCUT2D eigenvalue weighted by molar-refractivity contribution is 5.73. The van der Waals surface area contributed by atoms with Crippen LogP contribution in [0.25, 0.3) is 0 Å². The average Bonchev–Trinajstić information content (AvgIpc) is 2.59. The van der Waals surface area contributed by atoms with E-state index in [-0.39, 0.29) is 24.6 Å². The lowest BCUT2D eigenvalue weighted by molar-refractivity contribution is -0.139. The standard InChI is InChI=1S/C7H16N4O2.C7H10N4O2/c2*8-5(6(12)13)1-4-2-10-7(9)11-3-4/h4-5,7,10-11H,1-3,8-9H2,(H,12,13);2-3,5H,1,8H2,(H,12,13)(H2,9,10,11). The Balaban J connectivity index is 0.000000260. The van der Waals surface area contributed by atoms with Crippen LogP contribution < -0.4 is 33.6 Å². The molecular weight excluding hydrogens is 344 g/mol. The van der Waals surface area contributed by atoms with Crippen molar-refractivity contribution in [1.82, 2.24) is 20.6 Å². The zero-order valence-electron chi connectivity index (χ0n) is 14.2. The second-order valence-electron chi connectivity index (χ2n) is 5.94. The van der Waals surface area contributed by atoms with Gasteiger partial charge < -0.3 is 33.1 Å². The molecule has 12 nitrogen and oxygen atoms in total. The maximum atomic E-state index is 10.4. The summed E-state index contributed by atoms with van der Waals surface area (Å²) in [4.78, 5) is 28.2. The Kier molecular flexibility index (Phi) is 8.81. The molecule has 26 heavy (non-hydrogen) atoms. The number of nitrogens with one attached hydrogen (secondary N) is 2. The number of nitrogens with zero attached hydrogens (tertiary/aromatic N) is 2. The fourth-order valence-corrected chi connectivity index (χ4v) is 2.17. The van der Waals surface area contributed by atoms with E-state index in [1.165, 1.54) is 12.4 Å². The fourth-order valence-electron chi connectivity index (χ4n) is 2.17. The highest BCUT2D eigenvalue weighted by Crippen LogP contribution is 2.06. The summed E-state index contributed by atoms with van der Waals surface area (Å²) in [7, 11) is 0. The van der Waals surface area contributed by atoms with Gasteiger partial charge in [0.2, 0.25) is 5.95 Å². The van der Waals surface area contributed by atoms with Gasteiger partial charge in [-0.2, -0.15) is 0 Å². The Morgan fingerprint density at radius 1 is 1.12 bits per heavy atom. The summed E-state index contributed by atoms with van der Waals surface area (Å²) < 4.78 is 0. The SMILES string of the molecule is NC1NCC(CC(N)C(=O)O)CN1.Nc1ncc(CC(N)C(=O)O)cn1. The van der Waals surface area contributed by atoms with E-state index in [1.54, 1.807) is 0 Å². The molecule has 2 heterocycles. The molecule has 1 fully saturated rings. The van der Waals surface area contributed by atoms with Crippen LogP contribution in [0, 0.1) is 5.92 Å². The van der Waals surface area contributed by atoms with E-state index < -0.39 is 24.0 Å². The summed E-state index contributed by atoms with van der Waals surface area (Å²) in [5.74, 6) is -1.59. The van der Waals surface area contributed by atoms with Crippen molar-refractivity contribution >= 4 is 17.9 Å². The van der Waals surface area contributed by atoms with Crippen molar-refractivity contribution < 1.29 is 19.8 Å². The molecule has 0 bridgehead atoms. The number of aromatic nitrogens is 2. The zero-order valence-corrected chi connectivity index (χ0v) is 14.2. The number of carboxylic acids is 2. The molecule has 0 amide bonds. The van der Waals surface area contributed by atoms with Gasteiger partial charge in [0.25, 0.3) is 0 Å². The van der Waals surface area contributed by atoms with Gasteiger partial charge in [0.1, 0.15) is 18.4 Å². The van der Waals surface area contributed by atoms with E-state index >= 15 is 0 Å². The molecular formula is C14H26N8O4. The third kappa shape index (κ3) is 8.13. The fraction of sp³-hybridized carbons (Fsp3) is 0.571. The first kappa shape index (κ1) is 21.7. The zero-order chi connectivity index (χ0) is 19.7. The predicted molar refractivity (Wildman–Crippen MR) is 93.5 cm³/mol. The van der Waals surface area contributed by atoms with Gasteiger partial charge in [-0.25, -0.2) is 9.97 Å². The number of carboxylic acid groups (broad SMARTS) is 2. The van der Waals surface area contributed by atoms with Gasteiger partial charge >= 0.3 is 11.9 Å². The van der Waals surface area contributed by atoms with Crippen molar-refractivity contribution in [3.05, 3.63) is 18.0 Å². The lowest BCUT2D eigenvalue weighted by Crippen LogP contribution is -2.58. The Labute approximate surface area is 150 Å². The van der Waals surface area contributed by atoms with Crippen LogP contribution in [0.15, 0.2) is 12.4 Å². The topological polar surface area (TPSA) is 229 Å². The number of rotatable bonds is 6. The molecule has 146 valence electrons. The maximum absolute atomic E-state index is 10.4. The minimum Gasteiger partial charge on any atom is -0.480 e. The molecule has 1 aromatic heterocycles. The van der Waals surface area contributed by atoms with Crippen LogP contribution in [0.2, 0.25) is 0 Å². The van der Waals surface area contributed by atoms with Gasteiger partial charge in [0, 0.05) is 31.9 Å². The lowest BCUT2D eigenvalue weighted by Gasteiger charge is -2.29. The number of anilines is 1. The molecule has 0 spiro atoms. The summed E-state index contributed by atoms with van der Waals surface area (Å²) in [6.45, 7) is 1.43. The van der Waals surface area contributed by atoms with Crippen LogP contribution in [0.1, 0.15) is 12.0 Å². The van der Waals surface area contributed by atoms with E-state index in [4.69, 9.17) is 33.1 Å². The molecule has 0 saturated carbocycles. The molecule has 1 saturated heterocycles. The van der Waals surface area contributed by atoms with Crippen LogP contribution in [-0.4, -0.2) is 63.6 Å². The van der Waals surface area contributed by atoms with Crippen molar-refractivity contribution in [1.29, 1.82) is 0 Å². The van der Waals surface area contributed by atoms with Crippen LogP contribution in [0.3, 0.4) is 0 Å². The first-order valence-electron chi connectivity index (χ1n) is 7.94. The largest absolute Gasteiger partial charge is 0.480 e. The molecule has 2 unspecified atom stereocenters. The molecule has 12 N–H and O–H groups in total. The van der Waals surface area contributed by atoms with Crippen molar-refractivity contribution in [2.24, 2.45) is 23.1 Å². The molecule has 1 aromatic rings. The van der Waals surface area contributed by atoms with E-state index in [2.05, 4.69) is 20.6 Å². The minimum atomic E-state index is -1.04. The van der Waals surface area contributed by atoms with Gasteiger partial charge in [-0.1, -0.05) is 0 Å². The molecule has 0 aliphatic carbocycles. The van der Waals surface area contributed by atoms with Crippen LogP contribution in [0.4, 0.5) is 5.95 Å². The molecule has 0 aromatic carbocycles. The second-order valence-corrected chi connectivity index (χ2v) is 5.94. The van der Waals surface area contributed by atoms with Crippen LogP contribution in [0.5, 0.6) is 0 Å². The van der Waals surface area contributed by atoms with Gasteiger partial charge in [0.05, 0.1) is 0 Å². The number of hydrogen-bond donors (Lipinski definition) is 8.